The maximum atomic E-state index is 13.5. The van der Waals surface area contributed by atoms with Gasteiger partial charge in [-0.15, -0.1) is 0 Å². The number of hydrogen-bond donors (Lipinski definition) is 1. The number of carbonyl (C=O) groups excluding carboxylic acids is 3. The monoisotopic (exact) mass is 483 g/mol. The minimum absolute atomic E-state index is 0.0771. The fourth-order valence-electron chi connectivity index (χ4n) is 3.41. The largest absolute Gasteiger partial charge is 0.471 e. The molecule has 1 heterocycles. The van der Waals surface area contributed by atoms with Crippen molar-refractivity contribution in [2.24, 2.45) is 0 Å². The van der Waals surface area contributed by atoms with Gasteiger partial charge in [-0.1, -0.05) is 42.5 Å². The zero-order valence-electron chi connectivity index (χ0n) is 17.9. The van der Waals surface area contributed by atoms with Crippen LogP contribution >= 0.6 is 0 Å². The lowest BCUT2D eigenvalue weighted by molar-refractivity contribution is -0.173. The molecule has 1 saturated heterocycles. The van der Waals surface area contributed by atoms with E-state index in [1.165, 1.54) is 39.4 Å². The van der Waals surface area contributed by atoms with Gasteiger partial charge >= 0.3 is 18.1 Å². The maximum Gasteiger partial charge on any atom is 0.471 e. The number of benzene rings is 2. The first-order valence-corrected chi connectivity index (χ1v) is 10.4. The highest BCUT2D eigenvalue weighted by molar-refractivity contribution is 5.99. The van der Waals surface area contributed by atoms with Crippen LogP contribution in [0.2, 0.25) is 0 Å². The van der Waals surface area contributed by atoms with E-state index in [4.69, 9.17) is 0 Å². The number of amides is 3. The van der Waals surface area contributed by atoms with E-state index in [1.807, 2.05) is 0 Å². The van der Waals surface area contributed by atoms with Crippen molar-refractivity contribution in [3.05, 3.63) is 65.7 Å². The van der Waals surface area contributed by atoms with Gasteiger partial charge in [-0.25, -0.2) is 13.6 Å². The number of Topliss-reactive ketones (excluding diaryl/α,β-unsaturated/α-hetero) is 1. The van der Waals surface area contributed by atoms with E-state index < -0.39 is 49.2 Å². The Balaban J connectivity index is 1.70. The second-order valence-corrected chi connectivity index (χ2v) is 7.85. The summed E-state index contributed by atoms with van der Waals surface area (Å²) in [5.41, 5.74) is 1.25. The average Bonchev–Trinajstić information content (AvgIpc) is 2.80. The third-order valence-electron chi connectivity index (χ3n) is 5.35. The van der Waals surface area contributed by atoms with Gasteiger partial charge in [0.2, 0.25) is 0 Å². The summed E-state index contributed by atoms with van der Waals surface area (Å²) in [6.45, 7) is -0.889. The first kappa shape index (κ1) is 25.1. The third-order valence-corrected chi connectivity index (χ3v) is 5.35. The molecule has 0 radical (unpaired) electrons. The number of nitrogens with one attached hydrogen (secondary N) is 1. The molecule has 0 unspecified atom stereocenters. The summed E-state index contributed by atoms with van der Waals surface area (Å²) < 4.78 is 63.8. The number of carbonyl (C=O) groups is 3. The molecular formula is C23H22F5N3O3. The van der Waals surface area contributed by atoms with E-state index in [1.54, 1.807) is 30.3 Å². The quantitative estimate of drug-likeness (QED) is 0.489. The van der Waals surface area contributed by atoms with Crippen LogP contribution in [-0.2, 0) is 11.3 Å². The molecular weight excluding hydrogens is 461 g/mol. The van der Waals surface area contributed by atoms with E-state index in [2.05, 4.69) is 0 Å². The molecule has 3 amide bonds. The number of alkyl halides is 5. The van der Waals surface area contributed by atoms with Crippen molar-refractivity contribution < 1.29 is 36.3 Å². The molecule has 34 heavy (non-hydrogen) atoms. The molecule has 0 atom stereocenters. The molecule has 6 nitrogen and oxygen atoms in total. The topological polar surface area (TPSA) is 69.7 Å². The highest BCUT2D eigenvalue weighted by atomic mass is 19.4. The molecule has 0 saturated carbocycles. The van der Waals surface area contributed by atoms with Crippen LogP contribution in [0.3, 0.4) is 0 Å². The summed E-state index contributed by atoms with van der Waals surface area (Å²) in [6, 6.07) is 14.0. The first-order chi connectivity index (χ1) is 16.0. The van der Waals surface area contributed by atoms with Crippen LogP contribution in [0, 0.1) is 0 Å². The number of piperidine rings is 1. The predicted molar refractivity (Wildman–Crippen MR) is 114 cm³/mol. The third kappa shape index (κ3) is 6.52. The normalized spacial score (nSPS) is 15.5. The van der Waals surface area contributed by atoms with Crippen LogP contribution in [0.25, 0.3) is 0 Å². The van der Waals surface area contributed by atoms with Crippen LogP contribution in [0.4, 0.5) is 32.4 Å². The Hall–Kier alpha value is -3.50. The number of para-hydroxylation sites is 1. The van der Waals surface area contributed by atoms with Gasteiger partial charge in [-0.2, -0.15) is 13.2 Å². The summed E-state index contributed by atoms with van der Waals surface area (Å²) in [4.78, 5) is 38.9. The highest BCUT2D eigenvalue weighted by Gasteiger charge is 2.39. The Morgan fingerprint density at radius 1 is 0.941 bits per heavy atom. The molecule has 1 N–H and O–H groups in total. The van der Waals surface area contributed by atoms with Crippen molar-refractivity contribution in [3.63, 3.8) is 0 Å². The number of hydrogen-bond acceptors (Lipinski definition) is 3. The molecule has 0 spiro atoms. The number of likely N-dealkylation sites (tertiary alicyclic amines) is 1. The summed E-state index contributed by atoms with van der Waals surface area (Å²) in [5.74, 6) is -5.71. The molecule has 0 aromatic heterocycles. The summed E-state index contributed by atoms with van der Waals surface area (Å²) in [6.07, 6.45) is -5.91. The van der Waals surface area contributed by atoms with Crippen molar-refractivity contribution in [2.75, 3.05) is 24.5 Å². The predicted octanol–water partition coefficient (Wildman–Crippen LogP) is 4.41. The van der Waals surface area contributed by atoms with Gasteiger partial charge in [0.1, 0.15) is 0 Å². The lowest BCUT2D eigenvalue weighted by Crippen LogP contribution is -2.48. The first-order valence-electron chi connectivity index (χ1n) is 10.4. The van der Waals surface area contributed by atoms with Gasteiger partial charge in [0, 0.05) is 37.2 Å². The lowest BCUT2D eigenvalue weighted by atomic mass is 10.1. The van der Waals surface area contributed by atoms with E-state index in [0.29, 0.717) is 11.3 Å². The fourth-order valence-corrected chi connectivity index (χ4v) is 3.41. The molecule has 11 heteroatoms. The molecule has 3 rings (SSSR count). The SMILES string of the molecule is O=C(CNC(=O)C(F)(F)F)c1ccc(CN(C(=O)N2CCC(F)(F)CC2)c2ccccc2)cc1. The minimum atomic E-state index is -5.08. The number of anilines is 1. The Morgan fingerprint density at radius 3 is 2.09 bits per heavy atom. The Morgan fingerprint density at radius 2 is 1.53 bits per heavy atom. The molecule has 0 aliphatic carbocycles. The second kappa shape index (κ2) is 10.2. The van der Waals surface area contributed by atoms with Crippen LogP contribution in [0.15, 0.2) is 54.6 Å². The molecule has 2 aromatic rings. The van der Waals surface area contributed by atoms with Crippen molar-refractivity contribution in [1.82, 2.24) is 10.2 Å². The number of rotatable bonds is 6. The Labute approximate surface area is 192 Å². The van der Waals surface area contributed by atoms with E-state index in [-0.39, 0.29) is 25.2 Å². The molecule has 182 valence electrons. The molecule has 1 aliphatic heterocycles. The Bertz CT molecular complexity index is 1020. The molecule has 0 bridgehead atoms. The zero-order chi connectivity index (χ0) is 24.9. The zero-order valence-corrected chi connectivity index (χ0v) is 17.9. The smallest absolute Gasteiger partial charge is 0.341 e. The van der Waals surface area contributed by atoms with Crippen molar-refractivity contribution in [1.29, 1.82) is 0 Å². The summed E-state index contributed by atoms with van der Waals surface area (Å²) in [5, 5.41) is 1.52. The van der Waals surface area contributed by atoms with Crippen LogP contribution < -0.4 is 10.2 Å². The van der Waals surface area contributed by atoms with Crippen molar-refractivity contribution >= 4 is 23.4 Å². The van der Waals surface area contributed by atoms with E-state index >= 15 is 0 Å². The van der Waals surface area contributed by atoms with Gasteiger partial charge in [0.25, 0.3) is 5.92 Å². The molecule has 1 aliphatic rings. The maximum absolute atomic E-state index is 13.5. The van der Waals surface area contributed by atoms with Gasteiger partial charge < -0.3 is 10.2 Å². The second-order valence-electron chi connectivity index (χ2n) is 7.85. The van der Waals surface area contributed by atoms with E-state index in [9.17, 15) is 36.3 Å². The Kier molecular flexibility index (Phi) is 7.53. The van der Waals surface area contributed by atoms with Gasteiger partial charge in [-0.3, -0.25) is 14.5 Å². The van der Waals surface area contributed by atoms with Crippen molar-refractivity contribution in [2.45, 2.75) is 31.5 Å². The summed E-state index contributed by atoms with van der Waals surface area (Å²) >= 11 is 0. The summed E-state index contributed by atoms with van der Waals surface area (Å²) in [7, 11) is 0. The number of ketones is 1. The fraction of sp³-hybridized carbons (Fsp3) is 0.348. The number of urea groups is 1. The average molecular weight is 483 g/mol. The van der Waals surface area contributed by atoms with Crippen LogP contribution in [-0.4, -0.2) is 54.4 Å². The number of nitrogens with zero attached hydrogens (tertiary/aromatic N) is 2. The number of halogens is 5. The standard InChI is InChI=1S/C23H22F5N3O3/c24-22(25)10-12-30(13-11-22)21(34)31(18-4-2-1-3-5-18)15-16-6-8-17(9-7-16)19(32)14-29-20(33)23(26,27)28/h1-9H,10-15H2,(H,29,33). The minimum Gasteiger partial charge on any atom is -0.341 e. The van der Waals surface area contributed by atoms with E-state index in [0.717, 1.165) is 0 Å². The molecule has 2 aromatic carbocycles. The van der Waals surface area contributed by atoms with Gasteiger partial charge in [-0.05, 0) is 17.7 Å². The van der Waals surface area contributed by atoms with Crippen LogP contribution in [0.5, 0.6) is 0 Å². The van der Waals surface area contributed by atoms with Gasteiger partial charge in [0.15, 0.2) is 5.78 Å². The van der Waals surface area contributed by atoms with Crippen LogP contribution in [0.1, 0.15) is 28.8 Å². The lowest BCUT2D eigenvalue weighted by Gasteiger charge is -2.35. The van der Waals surface area contributed by atoms with Crippen molar-refractivity contribution in [3.8, 4) is 0 Å². The van der Waals surface area contributed by atoms with Gasteiger partial charge in [0.05, 0.1) is 13.1 Å². The highest BCUT2D eigenvalue weighted by Crippen LogP contribution is 2.29. The molecule has 1 fully saturated rings.